The quantitative estimate of drug-likeness (QED) is 0.160. The van der Waals surface area contributed by atoms with E-state index in [9.17, 15) is 0 Å². The van der Waals surface area contributed by atoms with Crippen molar-refractivity contribution in [1.82, 2.24) is 4.57 Å². The fourth-order valence-corrected chi connectivity index (χ4v) is 10.8. The standard InChI is InChI=1S/C64H40N2O2/c1-2-21-48-41(15-1)16-13-26-49(48)42-33-35-45(36-34-42)65(46-19-11-17-43(39-46)50-27-14-32-61-62(50)54-24-5-9-30-59(54)67-61)58-38-37-51(64-63(58)55-25-6-10-31-60(55)68-64)44-18-12-20-47(40-44)66-56-28-7-3-22-52(56)53-23-4-8-29-57(53)66/h1-40H. The van der Waals surface area contributed by atoms with Crippen molar-refractivity contribution in [3.8, 4) is 39.1 Å². The second-order valence-electron chi connectivity index (χ2n) is 17.6. The van der Waals surface area contributed by atoms with Gasteiger partial charge in [-0.15, -0.1) is 0 Å². The summed E-state index contributed by atoms with van der Waals surface area (Å²) in [6.07, 6.45) is 0. The summed E-state index contributed by atoms with van der Waals surface area (Å²) in [7, 11) is 0. The van der Waals surface area contributed by atoms with Crippen molar-refractivity contribution in [2.45, 2.75) is 0 Å². The van der Waals surface area contributed by atoms with E-state index in [1.54, 1.807) is 0 Å². The van der Waals surface area contributed by atoms with E-state index in [1.165, 1.54) is 38.1 Å². The fraction of sp³-hybridized carbons (Fsp3) is 0. The van der Waals surface area contributed by atoms with E-state index in [0.717, 1.165) is 94.4 Å². The highest BCUT2D eigenvalue weighted by Crippen LogP contribution is 2.48. The van der Waals surface area contributed by atoms with Gasteiger partial charge in [-0.2, -0.15) is 0 Å². The lowest BCUT2D eigenvalue weighted by Crippen LogP contribution is -2.10. The van der Waals surface area contributed by atoms with Crippen LogP contribution in [0.1, 0.15) is 0 Å². The molecule has 0 unspecified atom stereocenters. The number of hydrogen-bond acceptors (Lipinski definition) is 3. The first kappa shape index (κ1) is 38.2. The van der Waals surface area contributed by atoms with Gasteiger partial charge in [0.15, 0.2) is 0 Å². The molecule has 0 amide bonds. The summed E-state index contributed by atoms with van der Waals surface area (Å²) in [5.74, 6) is 0. The van der Waals surface area contributed by atoms with Crippen LogP contribution in [0.2, 0.25) is 0 Å². The number of aromatic nitrogens is 1. The predicted molar refractivity (Wildman–Crippen MR) is 284 cm³/mol. The van der Waals surface area contributed by atoms with Crippen LogP contribution in [0.4, 0.5) is 17.1 Å². The average Bonchev–Trinajstić information content (AvgIpc) is 4.09. The normalized spacial score (nSPS) is 11.8. The highest BCUT2D eigenvalue weighted by atomic mass is 16.3. The molecule has 3 heterocycles. The van der Waals surface area contributed by atoms with Gasteiger partial charge in [-0.1, -0.05) is 164 Å². The van der Waals surface area contributed by atoms with E-state index in [1.807, 2.05) is 12.1 Å². The first-order chi connectivity index (χ1) is 33.7. The van der Waals surface area contributed by atoms with Gasteiger partial charge >= 0.3 is 0 Å². The van der Waals surface area contributed by atoms with Crippen LogP contribution in [0.15, 0.2) is 251 Å². The van der Waals surface area contributed by atoms with Crippen molar-refractivity contribution >= 4 is 93.5 Å². The van der Waals surface area contributed by atoms with Crippen molar-refractivity contribution in [2.24, 2.45) is 0 Å². The summed E-state index contributed by atoms with van der Waals surface area (Å²) in [6, 6.07) is 86.9. The lowest BCUT2D eigenvalue weighted by Gasteiger charge is -2.27. The molecule has 0 aliphatic heterocycles. The third-order valence-electron chi connectivity index (χ3n) is 13.8. The molecule has 0 fully saturated rings. The van der Waals surface area contributed by atoms with E-state index in [2.05, 4.69) is 240 Å². The number of fused-ring (bicyclic) bond motifs is 10. The molecule has 318 valence electrons. The maximum Gasteiger partial charge on any atom is 0.145 e. The maximum absolute atomic E-state index is 7.02. The average molecular weight is 869 g/mol. The summed E-state index contributed by atoms with van der Waals surface area (Å²) in [6.45, 7) is 0. The van der Waals surface area contributed by atoms with Crippen LogP contribution >= 0.6 is 0 Å². The van der Waals surface area contributed by atoms with Gasteiger partial charge < -0.3 is 18.3 Å². The highest BCUT2D eigenvalue weighted by Gasteiger charge is 2.24. The minimum absolute atomic E-state index is 0.839. The van der Waals surface area contributed by atoms with Gasteiger partial charge in [-0.05, 0) is 117 Å². The number of furan rings is 2. The van der Waals surface area contributed by atoms with E-state index in [-0.39, 0.29) is 0 Å². The fourth-order valence-electron chi connectivity index (χ4n) is 10.8. The zero-order valence-corrected chi connectivity index (χ0v) is 36.8. The van der Waals surface area contributed by atoms with Crippen LogP contribution in [0.25, 0.3) is 116 Å². The first-order valence-corrected chi connectivity index (χ1v) is 23.2. The molecule has 4 nitrogen and oxygen atoms in total. The predicted octanol–water partition coefficient (Wildman–Crippen LogP) is 18.2. The number of anilines is 3. The Hall–Kier alpha value is -9.12. The van der Waals surface area contributed by atoms with Crippen LogP contribution < -0.4 is 4.90 Å². The lowest BCUT2D eigenvalue weighted by molar-refractivity contribution is 0.669. The molecular formula is C64H40N2O2. The van der Waals surface area contributed by atoms with Gasteiger partial charge in [0.25, 0.3) is 0 Å². The third kappa shape index (κ3) is 5.94. The molecule has 0 atom stereocenters. The van der Waals surface area contributed by atoms with Crippen LogP contribution in [0, 0.1) is 0 Å². The minimum Gasteiger partial charge on any atom is -0.456 e. The van der Waals surface area contributed by atoms with Gasteiger partial charge in [0.1, 0.15) is 22.3 Å². The van der Waals surface area contributed by atoms with Crippen molar-refractivity contribution in [3.63, 3.8) is 0 Å². The van der Waals surface area contributed by atoms with Gasteiger partial charge in [-0.25, -0.2) is 0 Å². The maximum atomic E-state index is 7.02. The Morgan fingerprint density at radius 3 is 1.68 bits per heavy atom. The van der Waals surface area contributed by atoms with Gasteiger partial charge in [0, 0.05) is 49.6 Å². The molecule has 0 spiro atoms. The van der Waals surface area contributed by atoms with Crippen molar-refractivity contribution in [2.75, 3.05) is 4.90 Å². The molecule has 3 aromatic heterocycles. The number of benzene rings is 11. The lowest BCUT2D eigenvalue weighted by atomic mass is 9.96. The zero-order chi connectivity index (χ0) is 44.7. The van der Waals surface area contributed by atoms with Crippen molar-refractivity contribution in [1.29, 1.82) is 0 Å². The summed E-state index contributed by atoms with van der Waals surface area (Å²) >= 11 is 0. The molecule has 0 saturated heterocycles. The van der Waals surface area contributed by atoms with Crippen LogP contribution in [0.5, 0.6) is 0 Å². The summed E-state index contributed by atoms with van der Waals surface area (Å²) in [5, 5.41) is 9.26. The number of hydrogen-bond donors (Lipinski definition) is 0. The molecule has 14 rings (SSSR count). The smallest absolute Gasteiger partial charge is 0.145 e. The Labute approximate surface area is 391 Å². The Morgan fingerprint density at radius 2 is 0.897 bits per heavy atom. The van der Waals surface area contributed by atoms with Crippen molar-refractivity contribution in [3.05, 3.63) is 243 Å². The van der Waals surface area contributed by atoms with E-state index in [4.69, 9.17) is 8.83 Å². The molecule has 11 aromatic carbocycles. The molecule has 4 heteroatoms. The molecule has 68 heavy (non-hydrogen) atoms. The van der Waals surface area contributed by atoms with Gasteiger partial charge in [-0.3, -0.25) is 0 Å². The molecular weight excluding hydrogens is 829 g/mol. The largest absolute Gasteiger partial charge is 0.456 e. The van der Waals surface area contributed by atoms with Crippen molar-refractivity contribution < 1.29 is 8.83 Å². The Balaban J connectivity index is 0.981. The summed E-state index contributed by atoms with van der Waals surface area (Å²) in [5.41, 5.74) is 16.7. The Morgan fingerprint density at radius 1 is 0.324 bits per heavy atom. The van der Waals surface area contributed by atoms with Gasteiger partial charge in [0.05, 0.1) is 22.1 Å². The van der Waals surface area contributed by atoms with Crippen LogP contribution in [-0.4, -0.2) is 4.57 Å². The molecule has 0 N–H and O–H groups in total. The molecule has 14 aromatic rings. The molecule has 0 radical (unpaired) electrons. The van der Waals surface area contributed by atoms with E-state index in [0.29, 0.717) is 0 Å². The second kappa shape index (κ2) is 15.2. The molecule has 0 aliphatic carbocycles. The van der Waals surface area contributed by atoms with Crippen LogP contribution in [-0.2, 0) is 0 Å². The van der Waals surface area contributed by atoms with Gasteiger partial charge in [0.2, 0.25) is 0 Å². The Kier molecular flexibility index (Phi) is 8.55. The Bertz CT molecular complexity index is 4220. The molecule has 0 saturated carbocycles. The summed E-state index contributed by atoms with van der Waals surface area (Å²) in [4.78, 5) is 2.40. The second-order valence-corrected chi connectivity index (χ2v) is 17.6. The van der Waals surface area contributed by atoms with E-state index < -0.39 is 0 Å². The van der Waals surface area contributed by atoms with Crippen LogP contribution in [0.3, 0.4) is 0 Å². The first-order valence-electron chi connectivity index (χ1n) is 23.2. The number of para-hydroxylation sites is 4. The minimum atomic E-state index is 0.839. The molecule has 0 bridgehead atoms. The number of rotatable bonds is 7. The monoisotopic (exact) mass is 868 g/mol. The molecule has 0 aliphatic rings. The number of nitrogens with zero attached hydrogens (tertiary/aromatic N) is 2. The highest BCUT2D eigenvalue weighted by molar-refractivity contribution is 6.18. The third-order valence-corrected chi connectivity index (χ3v) is 13.8. The SMILES string of the molecule is c1cc(-c2cccc3oc4ccccc4c23)cc(N(c2ccc(-c3cccc4ccccc34)cc2)c2ccc(-c3cccc(-n4c5ccccc5c5ccccc54)c3)c3oc4ccccc4c23)c1. The topological polar surface area (TPSA) is 34.5 Å². The zero-order valence-electron chi connectivity index (χ0n) is 36.8. The summed E-state index contributed by atoms with van der Waals surface area (Å²) < 4.78 is 15.8. The van der Waals surface area contributed by atoms with E-state index >= 15 is 0 Å².